The Morgan fingerprint density at radius 3 is 2.11 bits per heavy atom. The van der Waals surface area contributed by atoms with Crippen LogP contribution >= 0.6 is 0 Å². The van der Waals surface area contributed by atoms with Gasteiger partial charge in [-0.05, 0) is 42.7 Å². The normalized spacial score (nSPS) is 9.37. The number of aromatic hydroxyl groups is 1. The van der Waals surface area contributed by atoms with Gasteiger partial charge in [-0.25, -0.2) is 0 Å². The van der Waals surface area contributed by atoms with Crippen molar-refractivity contribution in [3.05, 3.63) is 60.2 Å². The summed E-state index contributed by atoms with van der Waals surface area (Å²) in [5.41, 5.74) is 1.30. The number of ether oxygens (including phenoxy) is 1. The van der Waals surface area contributed by atoms with E-state index in [0.717, 1.165) is 18.6 Å². The lowest BCUT2D eigenvalue weighted by molar-refractivity contribution is 0.288. The summed E-state index contributed by atoms with van der Waals surface area (Å²) in [6.45, 7) is 0.287. The van der Waals surface area contributed by atoms with Crippen molar-refractivity contribution in [2.75, 3.05) is 13.7 Å². The first kappa shape index (κ1) is 15.1. The summed E-state index contributed by atoms with van der Waals surface area (Å²) in [6, 6.07) is 16.8. The smallest absolute Gasteiger partial charge is 0.119 e. The maximum Gasteiger partial charge on any atom is 0.119 e. The third-order valence-corrected chi connectivity index (χ3v) is 2.54. The monoisotopic (exact) mass is 260 g/mol. The summed E-state index contributed by atoms with van der Waals surface area (Å²) in [5.74, 6) is 1.02. The Kier molecular flexibility index (Phi) is 7.13. The molecule has 0 aliphatic carbocycles. The van der Waals surface area contributed by atoms with Gasteiger partial charge in [0.15, 0.2) is 0 Å². The number of aliphatic hydroxyl groups excluding tert-OH is 1. The lowest BCUT2D eigenvalue weighted by atomic mass is 10.1. The second kappa shape index (κ2) is 9.00. The van der Waals surface area contributed by atoms with Crippen molar-refractivity contribution in [1.82, 2.24) is 0 Å². The molecular weight excluding hydrogens is 240 g/mol. The second-order valence-electron chi connectivity index (χ2n) is 4.01. The Morgan fingerprint density at radius 2 is 1.58 bits per heavy atom. The molecule has 0 spiro atoms. The fourth-order valence-corrected chi connectivity index (χ4v) is 1.51. The van der Waals surface area contributed by atoms with Crippen LogP contribution in [0.15, 0.2) is 54.6 Å². The molecule has 3 heteroatoms. The van der Waals surface area contributed by atoms with Crippen LogP contribution in [0.1, 0.15) is 12.0 Å². The number of hydrogen-bond acceptors (Lipinski definition) is 3. The first-order chi connectivity index (χ1) is 9.26. The molecule has 102 valence electrons. The number of phenolic OH excluding ortho intramolecular Hbond substituents is 1. The van der Waals surface area contributed by atoms with Crippen LogP contribution < -0.4 is 4.74 Å². The summed E-state index contributed by atoms with van der Waals surface area (Å²) < 4.78 is 4.86. The third-order valence-electron chi connectivity index (χ3n) is 2.54. The topological polar surface area (TPSA) is 49.7 Å². The predicted molar refractivity (Wildman–Crippen MR) is 76.5 cm³/mol. The molecule has 0 unspecified atom stereocenters. The zero-order chi connectivity index (χ0) is 13.9. The molecule has 0 atom stereocenters. The minimum atomic E-state index is 0.260. The van der Waals surface area contributed by atoms with Crippen LogP contribution in [0.5, 0.6) is 11.5 Å². The van der Waals surface area contributed by atoms with Crippen LogP contribution in [-0.4, -0.2) is 23.9 Å². The highest BCUT2D eigenvalue weighted by atomic mass is 16.5. The van der Waals surface area contributed by atoms with Gasteiger partial charge in [0.1, 0.15) is 11.5 Å². The summed E-state index contributed by atoms with van der Waals surface area (Å²) in [4.78, 5) is 0. The summed E-state index contributed by atoms with van der Waals surface area (Å²) in [5, 5.41) is 17.3. The van der Waals surface area contributed by atoms with E-state index in [1.807, 2.05) is 18.2 Å². The van der Waals surface area contributed by atoms with Crippen molar-refractivity contribution in [2.24, 2.45) is 0 Å². The number of benzene rings is 2. The fraction of sp³-hybridized carbons (Fsp3) is 0.250. The Morgan fingerprint density at radius 1 is 0.947 bits per heavy atom. The van der Waals surface area contributed by atoms with Gasteiger partial charge in [0.05, 0.1) is 7.11 Å². The van der Waals surface area contributed by atoms with Gasteiger partial charge in [-0.15, -0.1) is 0 Å². The fourth-order valence-electron chi connectivity index (χ4n) is 1.51. The van der Waals surface area contributed by atoms with Gasteiger partial charge in [-0.2, -0.15) is 0 Å². The first-order valence-corrected chi connectivity index (χ1v) is 6.24. The maximum atomic E-state index is 8.80. The molecule has 0 heterocycles. The van der Waals surface area contributed by atoms with Crippen LogP contribution in [0.3, 0.4) is 0 Å². The molecule has 19 heavy (non-hydrogen) atoms. The summed E-state index contributed by atoms with van der Waals surface area (Å²) in [7, 11) is 1.59. The Bertz CT molecular complexity index is 437. The van der Waals surface area contributed by atoms with E-state index in [2.05, 4.69) is 12.1 Å². The summed E-state index contributed by atoms with van der Waals surface area (Å²) in [6.07, 6.45) is 1.85. The van der Waals surface area contributed by atoms with Gasteiger partial charge in [0, 0.05) is 6.61 Å². The number of aliphatic hydroxyl groups is 1. The maximum absolute atomic E-state index is 8.80. The van der Waals surface area contributed by atoms with Crippen molar-refractivity contribution in [1.29, 1.82) is 0 Å². The van der Waals surface area contributed by atoms with Crippen LogP contribution in [-0.2, 0) is 6.42 Å². The lowest BCUT2D eigenvalue weighted by Crippen LogP contribution is -1.87. The van der Waals surface area contributed by atoms with Gasteiger partial charge in [-0.3, -0.25) is 0 Å². The molecule has 2 rings (SSSR count). The highest BCUT2D eigenvalue weighted by molar-refractivity contribution is 5.29. The largest absolute Gasteiger partial charge is 0.508 e. The minimum Gasteiger partial charge on any atom is -0.508 e. The lowest BCUT2D eigenvalue weighted by Gasteiger charge is -1.96. The van der Waals surface area contributed by atoms with E-state index >= 15 is 0 Å². The van der Waals surface area contributed by atoms with Crippen molar-refractivity contribution in [2.45, 2.75) is 12.8 Å². The van der Waals surface area contributed by atoms with Crippen molar-refractivity contribution in [3.63, 3.8) is 0 Å². The SMILES string of the molecule is COc1ccc(O)cc1.OCCCc1ccccc1. The van der Waals surface area contributed by atoms with Crippen molar-refractivity contribution >= 4 is 0 Å². The van der Waals surface area contributed by atoms with Crippen molar-refractivity contribution in [3.8, 4) is 11.5 Å². The predicted octanol–water partition coefficient (Wildman–Crippen LogP) is 3.01. The number of hydrogen-bond donors (Lipinski definition) is 2. The molecule has 0 bridgehead atoms. The standard InChI is InChI=1S/C9H12O.C7H8O2/c10-8-4-7-9-5-2-1-3-6-9;1-9-7-4-2-6(8)3-5-7/h1-3,5-6,10H,4,7-8H2;2-5,8H,1H3. The molecule has 0 saturated carbocycles. The molecule has 0 aromatic heterocycles. The van der Waals surface area contributed by atoms with Crippen LogP contribution in [0.25, 0.3) is 0 Å². The molecule has 0 aliphatic heterocycles. The highest BCUT2D eigenvalue weighted by Gasteiger charge is 1.88. The van der Waals surface area contributed by atoms with Crippen LogP contribution in [0, 0.1) is 0 Å². The highest BCUT2D eigenvalue weighted by Crippen LogP contribution is 2.14. The molecule has 3 nitrogen and oxygen atoms in total. The average Bonchev–Trinajstić information content (AvgIpc) is 2.48. The molecule has 0 amide bonds. The van der Waals surface area contributed by atoms with Gasteiger partial charge < -0.3 is 14.9 Å². The minimum absolute atomic E-state index is 0.260. The van der Waals surface area contributed by atoms with E-state index in [4.69, 9.17) is 14.9 Å². The molecule has 2 N–H and O–H groups in total. The number of rotatable bonds is 4. The quantitative estimate of drug-likeness (QED) is 0.888. The van der Waals surface area contributed by atoms with Crippen LogP contribution in [0.2, 0.25) is 0 Å². The van der Waals surface area contributed by atoms with E-state index < -0.39 is 0 Å². The number of methoxy groups -OCH3 is 1. The van der Waals surface area contributed by atoms with E-state index in [1.165, 1.54) is 5.56 Å². The Labute approximate surface area is 114 Å². The molecule has 0 fully saturated rings. The molecule has 2 aromatic rings. The molecule has 0 aliphatic rings. The third kappa shape index (κ3) is 6.48. The van der Waals surface area contributed by atoms with Gasteiger partial charge >= 0.3 is 0 Å². The first-order valence-electron chi connectivity index (χ1n) is 6.24. The van der Waals surface area contributed by atoms with Gasteiger partial charge in [0.2, 0.25) is 0 Å². The number of phenols is 1. The Balaban J connectivity index is 0.000000191. The molecule has 2 aromatic carbocycles. The van der Waals surface area contributed by atoms with Crippen molar-refractivity contribution < 1.29 is 14.9 Å². The average molecular weight is 260 g/mol. The van der Waals surface area contributed by atoms with E-state index in [0.29, 0.717) is 0 Å². The van der Waals surface area contributed by atoms with E-state index in [9.17, 15) is 0 Å². The number of aryl methyl sites for hydroxylation is 1. The van der Waals surface area contributed by atoms with E-state index in [1.54, 1.807) is 31.4 Å². The zero-order valence-corrected chi connectivity index (χ0v) is 11.1. The van der Waals surface area contributed by atoms with Crippen LogP contribution in [0.4, 0.5) is 0 Å². The Hall–Kier alpha value is -2.00. The van der Waals surface area contributed by atoms with Gasteiger partial charge in [-0.1, -0.05) is 30.3 Å². The van der Waals surface area contributed by atoms with Gasteiger partial charge in [0.25, 0.3) is 0 Å². The zero-order valence-electron chi connectivity index (χ0n) is 11.1. The molecular formula is C16H20O3. The second-order valence-corrected chi connectivity index (χ2v) is 4.01. The van der Waals surface area contributed by atoms with E-state index in [-0.39, 0.29) is 12.4 Å². The molecule has 0 saturated heterocycles. The summed E-state index contributed by atoms with van der Waals surface area (Å²) >= 11 is 0. The molecule has 0 radical (unpaired) electrons.